The average Bonchev–Trinajstić information content (AvgIpc) is 3.45. The summed E-state index contributed by atoms with van der Waals surface area (Å²) in [6.45, 7) is 2.47. The van der Waals surface area contributed by atoms with Crippen molar-refractivity contribution in [2.45, 2.75) is 115 Å². The van der Waals surface area contributed by atoms with E-state index in [2.05, 4.69) is 6.92 Å². The second-order valence-corrected chi connectivity index (χ2v) is 11.3. The summed E-state index contributed by atoms with van der Waals surface area (Å²) in [6, 6.07) is 0. The SMILES string of the molecule is CC1CCC(C2CCC3CC(CCC4CCC5OC5C4)CCC3C2)CC1. The molecular weight excluding hydrogens is 316 g/mol. The molecule has 1 aliphatic heterocycles. The molecule has 0 bridgehead atoms. The fourth-order valence-electron chi connectivity index (χ4n) is 7.69. The average molecular weight is 359 g/mol. The predicted octanol–water partition coefficient (Wildman–Crippen LogP) is 6.99. The van der Waals surface area contributed by atoms with Gasteiger partial charge in [-0.2, -0.15) is 0 Å². The molecule has 148 valence electrons. The first-order valence-corrected chi connectivity index (χ1v) is 12.4. The molecule has 0 spiro atoms. The summed E-state index contributed by atoms with van der Waals surface area (Å²) in [5, 5.41) is 0. The summed E-state index contributed by atoms with van der Waals surface area (Å²) in [5.41, 5.74) is 0. The fourth-order valence-corrected chi connectivity index (χ4v) is 7.69. The number of fused-ring (bicyclic) bond motifs is 2. The van der Waals surface area contributed by atoms with Gasteiger partial charge in [0, 0.05) is 0 Å². The highest BCUT2D eigenvalue weighted by Gasteiger charge is 2.44. The molecule has 5 aliphatic rings. The Morgan fingerprint density at radius 3 is 1.88 bits per heavy atom. The molecule has 1 heterocycles. The van der Waals surface area contributed by atoms with Gasteiger partial charge in [-0.25, -0.2) is 0 Å². The second-order valence-electron chi connectivity index (χ2n) is 11.3. The summed E-state index contributed by atoms with van der Waals surface area (Å²) >= 11 is 0. The van der Waals surface area contributed by atoms with Gasteiger partial charge in [0.1, 0.15) is 0 Å². The molecule has 7 atom stereocenters. The third-order valence-corrected chi connectivity index (χ3v) is 9.59. The third kappa shape index (κ3) is 4.03. The highest BCUT2D eigenvalue weighted by atomic mass is 16.6. The molecule has 0 aromatic heterocycles. The first kappa shape index (κ1) is 18.0. The van der Waals surface area contributed by atoms with Crippen LogP contribution in [0, 0.1) is 41.4 Å². The molecule has 26 heavy (non-hydrogen) atoms. The highest BCUT2D eigenvalue weighted by molar-refractivity contribution is 4.93. The molecule has 0 N–H and O–H groups in total. The van der Waals surface area contributed by atoms with Crippen LogP contribution in [-0.2, 0) is 4.74 Å². The Balaban J connectivity index is 1.06. The lowest BCUT2D eigenvalue weighted by molar-refractivity contribution is 0.0578. The van der Waals surface area contributed by atoms with Gasteiger partial charge in [0.2, 0.25) is 0 Å². The van der Waals surface area contributed by atoms with Gasteiger partial charge in [0.15, 0.2) is 0 Å². The van der Waals surface area contributed by atoms with E-state index in [1.54, 1.807) is 51.4 Å². The van der Waals surface area contributed by atoms with Crippen LogP contribution in [0.15, 0.2) is 0 Å². The largest absolute Gasteiger partial charge is 0.370 e. The van der Waals surface area contributed by atoms with Gasteiger partial charge in [-0.1, -0.05) is 39.0 Å². The van der Waals surface area contributed by atoms with Crippen molar-refractivity contribution < 1.29 is 4.74 Å². The smallest absolute Gasteiger partial charge is 0.0844 e. The van der Waals surface area contributed by atoms with Crippen molar-refractivity contribution in [3.8, 4) is 0 Å². The van der Waals surface area contributed by atoms with Crippen molar-refractivity contribution in [3.05, 3.63) is 0 Å². The van der Waals surface area contributed by atoms with Gasteiger partial charge >= 0.3 is 0 Å². The first-order valence-electron chi connectivity index (χ1n) is 12.4. The molecule has 0 radical (unpaired) electrons. The van der Waals surface area contributed by atoms with Crippen LogP contribution < -0.4 is 0 Å². The van der Waals surface area contributed by atoms with Crippen molar-refractivity contribution in [3.63, 3.8) is 0 Å². The normalized spacial score (nSPS) is 51.3. The summed E-state index contributed by atoms with van der Waals surface area (Å²) < 4.78 is 5.74. The summed E-state index contributed by atoms with van der Waals surface area (Å²) in [6.07, 6.45) is 24.3. The van der Waals surface area contributed by atoms with Gasteiger partial charge in [-0.15, -0.1) is 0 Å². The van der Waals surface area contributed by atoms with Gasteiger partial charge < -0.3 is 4.74 Å². The van der Waals surface area contributed by atoms with Crippen LogP contribution in [0.3, 0.4) is 0 Å². The minimum absolute atomic E-state index is 0.683. The maximum Gasteiger partial charge on any atom is 0.0844 e. The quantitative estimate of drug-likeness (QED) is 0.493. The molecule has 5 rings (SSSR count). The van der Waals surface area contributed by atoms with E-state index in [0.717, 1.165) is 41.4 Å². The zero-order valence-electron chi connectivity index (χ0n) is 17.2. The summed E-state index contributed by atoms with van der Waals surface area (Å²) in [7, 11) is 0. The molecular formula is C25H42O. The lowest BCUT2D eigenvalue weighted by atomic mass is 9.60. The van der Waals surface area contributed by atoms with Gasteiger partial charge in [-0.05, 0) is 106 Å². The third-order valence-electron chi connectivity index (χ3n) is 9.59. The van der Waals surface area contributed by atoms with Crippen LogP contribution >= 0.6 is 0 Å². The van der Waals surface area contributed by atoms with E-state index in [0.29, 0.717) is 12.2 Å². The Hall–Kier alpha value is -0.0400. The van der Waals surface area contributed by atoms with E-state index in [4.69, 9.17) is 4.74 Å². The molecule has 1 heteroatoms. The zero-order valence-corrected chi connectivity index (χ0v) is 17.2. The molecule has 0 aromatic rings. The Kier molecular flexibility index (Phi) is 5.38. The Morgan fingerprint density at radius 1 is 0.538 bits per heavy atom. The van der Waals surface area contributed by atoms with Crippen LogP contribution in [0.1, 0.15) is 103 Å². The van der Waals surface area contributed by atoms with E-state index < -0.39 is 0 Å². The lowest BCUT2D eigenvalue weighted by Crippen LogP contribution is -2.34. The number of ether oxygens (including phenoxy) is 1. The minimum atomic E-state index is 0.683. The Bertz CT molecular complexity index is 465. The zero-order chi connectivity index (χ0) is 17.5. The van der Waals surface area contributed by atoms with E-state index in [1.165, 1.54) is 44.9 Å². The summed E-state index contributed by atoms with van der Waals surface area (Å²) in [4.78, 5) is 0. The van der Waals surface area contributed by atoms with Crippen molar-refractivity contribution >= 4 is 0 Å². The molecule has 0 amide bonds. The van der Waals surface area contributed by atoms with E-state index in [-0.39, 0.29) is 0 Å². The van der Waals surface area contributed by atoms with Crippen LogP contribution in [0.2, 0.25) is 0 Å². The second kappa shape index (κ2) is 7.76. The molecule has 7 unspecified atom stereocenters. The molecule has 0 aromatic carbocycles. The monoisotopic (exact) mass is 358 g/mol. The Morgan fingerprint density at radius 2 is 1.12 bits per heavy atom. The molecule has 1 saturated heterocycles. The van der Waals surface area contributed by atoms with Crippen LogP contribution in [0.4, 0.5) is 0 Å². The molecule has 4 saturated carbocycles. The Labute approximate surface area is 162 Å². The summed E-state index contributed by atoms with van der Waals surface area (Å²) in [5.74, 6) is 7.51. The molecule has 5 fully saturated rings. The fraction of sp³-hybridized carbons (Fsp3) is 1.00. The van der Waals surface area contributed by atoms with Crippen molar-refractivity contribution in [2.24, 2.45) is 41.4 Å². The van der Waals surface area contributed by atoms with Crippen molar-refractivity contribution in [1.29, 1.82) is 0 Å². The van der Waals surface area contributed by atoms with Crippen LogP contribution in [0.5, 0.6) is 0 Å². The number of hydrogen-bond donors (Lipinski definition) is 0. The van der Waals surface area contributed by atoms with Crippen molar-refractivity contribution in [2.75, 3.05) is 0 Å². The number of hydrogen-bond acceptors (Lipinski definition) is 1. The van der Waals surface area contributed by atoms with Gasteiger partial charge in [0.05, 0.1) is 12.2 Å². The maximum atomic E-state index is 5.74. The first-order chi connectivity index (χ1) is 12.7. The molecule has 1 nitrogen and oxygen atoms in total. The topological polar surface area (TPSA) is 12.5 Å². The lowest BCUT2D eigenvalue weighted by Gasteiger charge is -2.45. The van der Waals surface area contributed by atoms with Crippen molar-refractivity contribution in [1.82, 2.24) is 0 Å². The minimum Gasteiger partial charge on any atom is -0.370 e. The van der Waals surface area contributed by atoms with Gasteiger partial charge in [0.25, 0.3) is 0 Å². The number of rotatable bonds is 4. The number of epoxide rings is 1. The van der Waals surface area contributed by atoms with E-state index in [1.807, 2.05) is 0 Å². The van der Waals surface area contributed by atoms with Crippen LogP contribution in [0.25, 0.3) is 0 Å². The molecule has 4 aliphatic carbocycles. The standard InChI is InChI=1S/C25H42O/c1-17-2-8-20(9-3-17)22-12-11-21-14-18(6-10-23(21)16-22)4-5-19-7-13-24-25(15-19)26-24/h17-25H,2-16H2,1H3. The van der Waals surface area contributed by atoms with Gasteiger partial charge in [-0.3, -0.25) is 0 Å². The highest BCUT2D eigenvalue weighted by Crippen LogP contribution is 2.50. The maximum absolute atomic E-state index is 5.74. The predicted molar refractivity (Wildman–Crippen MR) is 108 cm³/mol. The van der Waals surface area contributed by atoms with E-state index >= 15 is 0 Å². The van der Waals surface area contributed by atoms with E-state index in [9.17, 15) is 0 Å². The van der Waals surface area contributed by atoms with Crippen LogP contribution in [-0.4, -0.2) is 12.2 Å².